The second kappa shape index (κ2) is 17.5. The van der Waals surface area contributed by atoms with Crippen LogP contribution in [0.15, 0.2) is 46.1 Å². The van der Waals surface area contributed by atoms with Gasteiger partial charge in [0.2, 0.25) is 0 Å². The summed E-state index contributed by atoms with van der Waals surface area (Å²) in [6.07, 6.45) is 6.05. The Kier molecular flexibility index (Phi) is 13.1. The largest absolute Gasteiger partial charge is 0.507 e. The van der Waals surface area contributed by atoms with E-state index < -0.39 is 82.9 Å². The van der Waals surface area contributed by atoms with Crippen LogP contribution in [-0.4, -0.2) is 105 Å². The second-order valence-electron chi connectivity index (χ2n) is 17.6. The fourth-order valence-corrected chi connectivity index (χ4v) is 9.21. The summed E-state index contributed by atoms with van der Waals surface area (Å²) >= 11 is 0. The molecule has 2 aromatic carbocycles. The molecule has 7 rings (SSSR count). The maximum Gasteiger partial charge on any atom is 0.312 e. The van der Waals surface area contributed by atoms with Crippen LogP contribution in [0.5, 0.6) is 17.2 Å². The van der Waals surface area contributed by atoms with E-state index in [4.69, 9.17) is 23.9 Å². The standard InChI is InChI=1S/C46H62N4O11/c1-12-24(4)50-19-17-46(18-20-50)48-34-31-32-39(54)28(8)42-33(31)43(56)45(10,61-42)59-21-16-30(58-11)25(5)41(60-29(9)51)27(7)38(53)26(6)37(52)22(2)14-13-15-23(3)44(57)47-36(40(32)55)35(34)49-46/h13-16,21-22,24-27,30,37-38,41,48,52-55H,12,17-20H2,1-11H3/b14-13+,21-16+,23-15+,47-36?/t22-,24?,25+,26+,27+,30-,37-,38+,41+,45-/m0/s1. The van der Waals surface area contributed by atoms with Gasteiger partial charge in [0.1, 0.15) is 34.0 Å². The lowest BCUT2D eigenvalue weighted by Crippen LogP contribution is -2.49. The molecule has 1 fully saturated rings. The molecule has 332 valence electrons. The van der Waals surface area contributed by atoms with Crippen LogP contribution in [0.3, 0.4) is 0 Å². The number of esters is 1. The number of likely N-dealkylation sites (tertiary alicyclic amines) is 1. The van der Waals surface area contributed by atoms with Crippen LogP contribution in [0.1, 0.15) is 97.5 Å². The summed E-state index contributed by atoms with van der Waals surface area (Å²) in [5.41, 5.74) is -0.115. The third-order valence-electron chi connectivity index (χ3n) is 13.4. The SMILES string of the molecule is CCC(C)N1CCC2(CC1)N=c1c(c3c4c5c(C)c(O)c3c(O)c1=NC(=O)/C(C)=C/C=C/[C@H](C)[C@H](O)[C@@H](C)[C@@H](O)[C@@H](C)[C@H](OC(C)=O)[C@H](C)[C@@H](OC)/C=C/O[C@@](C)(O5)C4=O)N2. The molecule has 15 heteroatoms. The van der Waals surface area contributed by atoms with E-state index in [0.29, 0.717) is 24.6 Å². The van der Waals surface area contributed by atoms with E-state index in [1.807, 2.05) is 0 Å². The summed E-state index contributed by atoms with van der Waals surface area (Å²) in [4.78, 5) is 52.9. The number of aliphatic hydroxyl groups excluding tert-OH is 2. The van der Waals surface area contributed by atoms with Crippen molar-refractivity contribution in [2.75, 3.05) is 25.5 Å². The minimum absolute atomic E-state index is 0.0536. The van der Waals surface area contributed by atoms with Crippen LogP contribution in [0, 0.1) is 30.6 Å². The van der Waals surface area contributed by atoms with Gasteiger partial charge < -0.3 is 49.6 Å². The minimum Gasteiger partial charge on any atom is -0.507 e. The maximum atomic E-state index is 14.7. The van der Waals surface area contributed by atoms with Crippen molar-refractivity contribution in [2.45, 2.75) is 130 Å². The number of rotatable bonds is 4. The zero-order chi connectivity index (χ0) is 44.9. The summed E-state index contributed by atoms with van der Waals surface area (Å²) in [7, 11) is 1.47. The molecule has 5 N–H and O–H groups in total. The normalized spacial score (nSPS) is 33.1. The molecule has 1 unspecified atom stereocenters. The van der Waals surface area contributed by atoms with Crippen molar-refractivity contribution in [3.8, 4) is 17.2 Å². The number of ether oxygens (including phenoxy) is 4. The van der Waals surface area contributed by atoms with Gasteiger partial charge in [0.15, 0.2) is 5.75 Å². The molecule has 2 aromatic rings. The number of aliphatic hydroxyl groups is 2. The Hall–Kier alpha value is -4.83. The molecule has 1 spiro atoms. The number of anilines is 1. The third kappa shape index (κ3) is 8.29. The Bertz CT molecular complexity index is 2300. The van der Waals surface area contributed by atoms with Crippen LogP contribution >= 0.6 is 0 Å². The van der Waals surface area contributed by atoms with Gasteiger partial charge in [0, 0.05) is 93.1 Å². The zero-order valence-electron chi connectivity index (χ0n) is 37.1. The molecule has 10 atom stereocenters. The average molecular weight is 847 g/mol. The lowest BCUT2D eigenvalue weighted by molar-refractivity contribution is -0.160. The van der Waals surface area contributed by atoms with Gasteiger partial charge in [0.05, 0.1) is 41.2 Å². The first-order chi connectivity index (χ1) is 28.7. The van der Waals surface area contributed by atoms with Crippen molar-refractivity contribution < 1.29 is 53.8 Å². The molecule has 0 aromatic heterocycles. The summed E-state index contributed by atoms with van der Waals surface area (Å²) < 4.78 is 24.0. The average Bonchev–Trinajstić information content (AvgIpc) is 3.73. The number of hydrogen-bond acceptors (Lipinski definition) is 14. The van der Waals surface area contributed by atoms with Crippen LogP contribution in [-0.2, 0) is 23.8 Å². The summed E-state index contributed by atoms with van der Waals surface area (Å²) in [6, 6.07) is 0.359. The topological polar surface area (TPSA) is 209 Å². The number of ketones is 1. The Morgan fingerprint density at radius 2 is 1.67 bits per heavy atom. The van der Waals surface area contributed by atoms with Crippen molar-refractivity contribution in [3.63, 3.8) is 0 Å². The number of hydrogen-bond donors (Lipinski definition) is 5. The van der Waals surface area contributed by atoms with E-state index >= 15 is 0 Å². The van der Waals surface area contributed by atoms with Crippen molar-refractivity contribution in [1.29, 1.82) is 0 Å². The van der Waals surface area contributed by atoms with Gasteiger partial charge >= 0.3 is 11.8 Å². The smallest absolute Gasteiger partial charge is 0.312 e. The number of carbonyl (C=O) groups excluding carboxylic acids is 3. The van der Waals surface area contributed by atoms with Crippen LogP contribution in [0.4, 0.5) is 5.69 Å². The number of benzene rings is 2. The highest BCUT2D eigenvalue weighted by molar-refractivity contribution is 6.21. The van der Waals surface area contributed by atoms with Gasteiger partial charge in [-0.25, -0.2) is 4.99 Å². The number of aromatic hydroxyl groups is 2. The van der Waals surface area contributed by atoms with E-state index in [-0.39, 0.29) is 49.7 Å². The molecule has 0 aliphatic carbocycles. The fourth-order valence-electron chi connectivity index (χ4n) is 9.21. The number of allylic oxidation sites excluding steroid dienone is 2. The molecular formula is C46H62N4O11. The second-order valence-corrected chi connectivity index (χ2v) is 17.6. The number of amides is 1. The highest BCUT2D eigenvalue weighted by Gasteiger charge is 2.51. The van der Waals surface area contributed by atoms with Gasteiger partial charge in [-0.05, 0) is 33.3 Å². The molecule has 0 radical (unpaired) electrons. The zero-order valence-corrected chi connectivity index (χ0v) is 37.1. The molecule has 61 heavy (non-hydrogen) atoms. The molecule has 1 amide bonds. The maximum absolute atomic E-state index is 14.7. The van der Waals surface area contributed by atoms with Crippen LogP contribution in [0.2, 0.25) is 0 Å². The monoisotopic (exact) mass is 846 g/mol. The molecule has 1 saturated heterocycles. The molecule has 5 aliphatic rings. The number of nitrogens with one attached hydrogen (secondary N) is 1. The predicted octanol–water partition coefficient (Wildman–Crippen LogP) is 4.89. The first kappa shape index (κ1) is 45.7. The number of piperidine rings is 1. The number of nitrogens with zero attached hydrogens (tertiary/aromatic N) is 3. The van der Waals surface area contributed by atoms with Crippen molar-refractivity contribution in [3.05, 3.63) is 58.0 Å². The molecule has 5 aliphatic heterocycles. The lowest BCUT2D eigenvalue weighted by Gasteiger charge is -2.40. The van der Waals surface area contributed by atoms with Gasteiger partial charge in [0.25, 0.3) is 11.7 Å². The molecular weight excluding hydrogens is 785 g/mol. The van der Waals surface area contributed by atoms with Crippen LogP contribution in [0.25, 0.3) is 10.8 Å². The van der Waals surface area contributed by atoms with Crippen molar-refractivity contribution in [1.82, 2.24) is 4.90 Å². The summed E-state index contributed by atoms with van der Waals surface area (Å²) in [6.45, 7) is 18.6. The van der Waals surface area contributed by atoms with E-state index in [1.54, 1.807) is 65.8 Å². The molecule has 5 bridgehead atoms. The van der Waals surface area contributed by atoms with E-state index in [1.165, 1.54) is 27.2 Å². The number of methoxy groups -OCH3 is 1. The molecule has 15 nitrogen and oxygen atoms in total. The minimum atomic E-state index is -1.95. The molecule has 5 heterocycles. The third-order valence-corrected chi connectivity index (χ3v) is 13.4. The Balaban J connectivity index is 1.56. The number of phenols is 2. The van der Waals surface area contributed by atoms with Crippen molar-refractivity contribution >= 4 is 34.1 Å². The van der Waals surface area contributed by atoms with Gasteiger partial charge in [-0.3, -0.25) is 19.4 Å². The fraction of sp³-hybridized carbons (Fsp3) is 0.587. The quantitative estimate of drug-likeness (QED) is 0.205. The van der Waals surface area contributed by atoms with E-state index in [0.717, 1.165) is 19.5 Å². The molecule has 0 saturated carbocycles. The lowest BCUT2D eigenvalue weighted by atomic mass is 9.78. The first-order valence-corrected chi connectivity index (χ1v) is 21.3. The first-order valence-electron chi connectivity index (χ1n) is 21.3. The Labute approximate surface area is 356 Å². The van der Waals surface area contributed by atoms with Gasteiger partial charge in [-0.15, -0.1) is 0 Å². The number of Topliss-reactive ketones (excluding diaryl/α,β-unsaturated/α-hetero) is 1. The highest BCUT2D eigenvalue weighted by Crippen LogP contribution is 2.51. The number of phenolic OH excluding ortho intramolecular Hbond substituents is 2. The number of fused-ring (bicyclic) bond motifs is 13. The summed E-state index contributed by atoms with van der Waals surface area (Å²) in [5, 5.41) is 50.6. The highest BCUT2D eigenvalue weighted by atomic mass is 16.7. The summed E-state index contributed by atoms with van der Waals surface area (Å²) in [5.74, 6) is -7.03. The Morgan fingerprint density at radius 3 is 2.30 bits per heavy atom. The predicted molar refractivity (Wildman–Crippen MR) is 228 cm³/mol. The Morgan fingerprint density at radius 1 is 1.00 bits per heavy atom. The van der Waals surface area contributed by atoms with Gasteiger partial charge in [-0.1, -0.05) is 52.8 Å². The van der Waals surface area contributed by atoms with Gasteiger partial charge in [-0.2, -0.15) is 0 Å². The van der Waals surface area contributed by atoms with Crippen molar-refractivity contribution in [2.24, 2.45) is 33.7 Å². The van der Waals surface area contributed by atoms with E-state index in [2.05, 4.69) is 29.1 Å². The van der Waals surface area contributed by atoms with Crippen LogP contribution < -0.4 is 20.8 Å². The number of carbonyl (C=O) groups is 3. The van der Waals surface area contributed by atoms with E-state index in [9.17, 15) is 34.8 Å².